The zero-order valence-electron chi connectivity index (χ0n) is 14.6. The van der Waals surface area contributed by atoms with Gasteiger partial charge in [0.25, 0.3) is 5.91 Å². The maximum absolute atomic E-state index is 12.4. The summed E-state index contributed by atoms with van der Waals surface area (Å²) in [5, 5.41) is 2.90. The van der Waals surface area contributed by atoms with E-state index in [-0.39, 0.29) is 18.1 Å². The van der Waals surface area contributed by atoms with Crippen LogP contribution in [-0.2, 0) is 4.74 Å². The van der Waals surface area contributed by atoms with Gasteiger partial charge in [-0.1, -0.05) is 22.0 Å². The van der Waals surface area contributed by atoms with E-state index in [1.165, 1.54) is 0 Å². The highest BCUT2D eigenvalue weighted by Crippen LogP contribution is 2.22. The lowest BCUT2D eigenvalue weighted by atomic mass is 10.2. The summed E-state index contributed by atoms with van der Waals surface area (Å²) in [5.74, 6) is 0.704. The predicted molar refractivity (Wildman–Crippen MR) is 103 cm³/mol. The molecule has 1 N–H and O–H groups in total. The molecular weight excluding hydrogens is 382 g/mol. The van der Waals surface area contributed by atoms with Crippen molar-refractivity contribution in [1.82, 2.24) is 4.98 Å². The van der Waals surface area contributed by atoms with Crippen LogP contribution < -0.4 is 10.2 Å². The molecule has 2 atom stereocenters. The van der Waals surface area contributed by atoms with E-state index in [1.807, 2.05) is 37.3 Å². The summed E-state index contributed by atoms with van der Waals surface area (Å²) in [7, 11) is 0. The lowest BCUT2D eigenvalue weighted by Gasteiger charge is -2.36. The minimum atomic E-state index is -0.168. The van der Waals surface area contributed by atoms with Crippen molar-refractivity contribution in [3.63, 3.8) is 0 Å². The molecule has 0 unspecified atom stereocenters. The maximum atomic E-state index is 12.4. The Bertz CT molecular complexity index is 754. The molecule has 0 saturated carbocycles. The van der Waals surface area contributed by atoms with Gasteiger partial charge in [0.1, 0.15) is 5.82 Å². The average Bonchev–Trinajstić information content (AvgIpc) is 2.57. The van der Waals surface area contributed by atoms with Crippen molar-refractivity contribution in [1.29, 1.82) is 0 Å². The maximum Gasteiger partial charge on any atom is 0.257 e. The Morgan fingerprint density at radius 1 is 1.24 bits per heavy atom. The molecule has 0 bridgehead atoms. The summed E-state index contributed by atoms with van der Waals surface area (Å²) in [6, 6.07) is 9.44. The largest absolute Gasteiger partial charge is 0.372 e. The average molecular weight is 404 g/mol. The fourth-order valence-corrected chi connectivity index (χ4v) is 3.33. The number of nitrogens with one attached hydrogen (secondary N) is 1. The number of aromatic nitrogens is 1. The highest BCUT2D eigenvalue weighted by Gasteiger charge is 2.23. The third-order valence-electron chi connectivity index (χ3n) is 4.18. The summed E-state index contributed by atoms with van der Waals surface area (Å²) < 4.78 is 6.71. The minimum Gasteiger partial charge on any atom is -0.372 e. The Labute approximate surface area is 156 Å². The van der Waals surface area contributed by atoms with Gasteiger partial charge in [-0.25, -0.2) is 4.98 Å². The van der Waals surface area contributed by atoms with Crippen LogP contribution in [0.5, 0.6) is 0 Å². The number of hydrogen-bond acceptors (Lipinski definition) is 4. The van der Waals surface area contributed by atoms with Gasteiger partial charge >= 0.3 is 0 Å². The smallest absolute Gasteiger partial charge is 0.257 e. The molecule has 0 spiro atoms. The van der Waals surface area contributed by atoms with Crippen LogP contribution in [0.25, 0.3) is 0 Å². The SMILES string of the molecule is Cc1ccc(NC(=O)c2ccc(N3C[C@@H](C)O[C@@H](C)C3)nc2)cc1Br. The molecule has 1 aliphatic rings. The standard InChI is InChI=1S/C19H22BrN3O2/c1-12-4-6-16(8-17(12)20)22-19(24)15-5-7-18(21-9-15)23-10-13(2)25-14(3)11-23/h4-9,13-14H,10-11H2,1-3H3,(H,22,24)/t13-,14+. The number of amides is 1. The summed E-state index contributed by atoms with van der Waals surface area (Å²) >= 11 is 3.48. The van der Waals surface area contributed by atoms with Gasteiger partial charge in [0, 0.05) is 29.4 Å². The Kier molecular flexibility index (Phi) is 5.39. The number of carbonyl (C=O) groups excluding carboxylic acids is 1. The first kappa shape index (κ1) is 17.9. The van der Waals surface area contributed by atoms with E-state index in [2.05, 4.69) is 45.0 Å². The first-order chi connectivity index (χ1) is 11.9. The van der Waals surface area contributed by atoms with E-state index in [0.29, 0.717) is 5.56 Å². The molecule has 2 heterocycles. The van der Waals surface area contributed by atoms with Crippen molar-refractivity contribution in [2.75, 3.05) is 23.3 Å². The molecule has 0 radical (unpaired) electrons. The second kappa shape index (κ2) is 7.54. The van der Waals surface area contributed by atoms with Gasteiger partial charge < -0.3 is 15.0 Å². The number of ether oxygens (including phenoxy) is 1. The number of anilines is 2. The number of rotatable bonds is 3. The number of carbonyl (C=O) groups is 1. The number of pyridine rings is 1. The number of halogens is 1. The van der Waals surface area contributed by atoms with Gasteiger partial charge in [0.2, 0.25) is 0 Å². The van der Waals surface area contributed by atoms with Crippen LogP contribution in [0.3, 0.4) is 0 Å². The summed E-state index contributed by atoms with van der Waals surface area (Å²) in [4.78, 5) is 19.1. The predicted octanol–water partition coefficient (Wildman–Crippen LogP) is 4.02. The fourth-order valence-electron chi connectivity index (χ4n) is 2.95. The van der Waals surface area contributed by atoms with Crippen molar-refractivity contribution in [3.05, 3.63) is 52.1 Å². The Balaban J connectivity index is 1.69. The summed E-state index contributed by atoms with van der Waals surface area (Å²) in [6.45, 7) is 7.74. The van der Waals surface area contributed by atoms with Crippen molar-refractivity contribution < 1.29 is 9.53 Å². The first-order valence-electron chi connectivity index (χ1n) is 8.36. The molecule has 6 heteroatoms. The molecule has 132 valence electrons. The van der Waals surface area contributed by atoms with Gasteiger partial charge in [-0.05, 0) is 50.6 Å². The van der Waals surface area contributed by atoms with Crippen LogP contribution in [-0.4, -0.2) is 36.2 Å². The van der Waals surface area contributed by atoms with E-state index in [0.717, 1.165) is 34.6 Å². The molecule has 25 heavy (non-hydrogen) atoms. The first-order valence-corrected chi connectivity index (χ1v) is 9.15. The van der Waals surface area contributed by atoms with Crippen molar-refractivity contribution >= 4 is 33.3 Å². The zero-order chi connectivity index (χ0) is 18.0. The van der Waals surface area contributed by atoms with Crippen molar-refractivity contribution in [2.45, 2.75) is 33.0 Å². The Hall–Kier alpha value is -1.92. The van der Waals surface area contributed by atoms with E-state index in [4.69, 9.17) is 4.74 Å². The van der Waals surface area contributed by atoms with E-state index >= 15 is 0 Å². The van der Waals surface area contributed by atoms with Crippen LogP contribution in [0.15, 0.2) is 41.0 Å². The van der Waals surface area contributed by atoms with Gasteiger partial charge in [-0.15, -0.1) is 0 Å². The van der Waals surface area contributed by atoms with Crippen LogP contribution in [0.2, 0.25) is 0 Å². The molecule has 1 fully saturated rings. The van der Waals surface area contributed by atoms with Crippen LogP contribution in [0.1, 0.15) is 29.8 Å². The number of aryl methyl sites for hydroxylation is 1. The normalized spacial score (nSPS) is 20.4. The van der Waals surface area contributed by atoms with Crippen LogP contribution in [0.4, 0.5) is 11.5 Å². The second-order valence-electron chi connectivity index (χ2n) is 6.49. The monoisotopic (exact) mass is 403 g/mol. The lowest BCUT2D eigenvalue weighted by molar-refractivity contribution is -0.00546. The highest BCUT2D eigenvalue weighted by molar-refractivity contribution is 9.10. The molecule has 0 aliphatic carbocycles. The summed E-state index contributed by atoms with van der Waals surface area (Å²) in [5.41, 5.74) is 2.41. The van der Waals surface area contributed by atoms with Crippen molar-refractivity contribution in [2.24, 2.45) is 0 Å². The molecule has 2 aromatic rings. The quantitative estimate of drug-likeness (QED) is 0.840. The molecule has 1 aromatic carbocycles. The highest BCUT2D eigenvalue weighted by atomic mass is 79.9. The second-order valence-corrected chi connectivity index (χ2v) is 7.34. The lowest BCUT2D eigenvalue weighted by Crippen LogP contribution is -2.45. The molecule has 1 saturated heterocycles. The van der Waals surface area contributed by atoms with Gasteiger partial charge in [0.15, 0.2) is 0 Å². The van der Waals surface area contributed by atoms with Gasteiger partial charge in [-0.2, -0.15) is 0 Å². The Morgan fingerprint density at radius 3 is 2.56 bits per heavy atom. The number of hydrogen-bond donors (Lipinski definition) is 1. The van der Waals surface area contributed by atoms with E-state index in [9.17, 15) is 4.79 Å². The van der Waals surface area contributed by atoms with Crippen molar-refractivity contribution in [3.8, 4) is 0 Å². The minimum absolute atomic E-state index is 0.168. The third-order valence-corrected chi connectivity index (χ3v) is 5.04. The molecule has 1 amide bonds. The molecule has 1 aliphatic heterocycles. The fraction of sp³-hybridized carbons (Fsp3) is 0.368. The molecular formula is C19H22BrN3O2. The van der Waals surface area contributed by atoms with E-state index < -0.39 is 0 Å². The van der Waals surface area contributed by atoms with Crippen LogP contribution in [0, 0.1) is 6.92 Å². The topological polar surface area (TPSA) is 54.5 Å². The summed E-state index contributed by atoms with van der Waals surface area (Å²) in [6.07, 6.45) is 1.97. The number of morpholine rings is 1. The van der Waals surface area contributed by atoms with E-state index in [1.54, 1.807) is 6.20 Å². The zero-order valence-corrected chi connectivity index (χ0v) is 16.2. The van der Waals surface area contributed by atoms with Gasteiger partial charge in [-0.3, -0.25) is 4.79 Å². The molecule has 5 nitrogen and oxygen atoms in total. The molecule has 1 aromatic heterocycles. The molecule has 3 rings (SSSR count). The third kappa shape index (κ3) is 4.38. The Morgan fingerprint density at radius 2 is 1.96 bits per heavy atom. The number of nitrogens with zero attached hydrogens (tertiary/aromatic N) is 2. The number of benzene rings is 1. The van der Waals surface area contributed by atoms with Gasteiger partial charge in [0.05, 0.1) is 17.8 Å². The van der Waals surface area contributed by atoms with Crippen LogP contribution >= 0.6 is 15.9 Å².